The van der Waals surface area contributed by atoms with Gasteiger partial charge in [0.2, 0.25) is 0 Å². The van der Waals surface area contributed by atoms with Crippen LogP contribution in [0.5, 0.6) is 0 Å². The highest BCUT2D eigenvalue weighted by Gasteiger charge is 2.12. The summed E-state index contributed by atoms with van der Waals surface area (Å²) in [7, 11) is 1.87. The fraction of sp³-hybridized carbons (Fsp3) is 0.267. The van der Waals surface area contributed by atoms with Crippen LogP contribution in [0, 0.1) is 11.3 Å². The van der Waals surface area contributed by atoms with Crippen molar-refractivity contribution >= 4 is 23.1 Å². The highest BCUT2D eigenvalue weighted by Crippen LogP contribution is 2.26. The van der Waals surface area contributed by atoms with Crippen molar-refractivity contribution in [3.8, 4) is 6.07 Å². The van der Waals surface area contributed by atoms with Crippen molar-refractivity contribution in [3.63, 3.8) is 0 Å². The van der Waals surface area contributed by atoms with E-state index in [1.807, 2.05) is 30.1 Å². The Morgan fingerprint density at radius 1 is 1.30 bits per heavy atom. The number of nitriles is 1. The Labute approximate surface area is 123 Å². The lowest BCUT2D eigenvalue weighted by molar-refractivity contribution is 0.831. The summed E-state index contributed by atoms with van der Waals surface area (Å²) in [5, 5.41) is 9.59. The maximum absolute atomic E-state index is 9.17. The van der Waals surface area contributed by atoms with Gasteiger partial charge in [-0.2, -0.15) is 5.26 Å². The number of hydrogen-bond donors (Lipinski definition) is 0. The number of aromatic nitrogens is 2. The normalized spacial score (nSPS) is 10.1. The molecule has 1 aromatic carbocycles. The van der Waals surface area contributed by atoms with Crippen molar-refractivity contribution in [2.75, 3.05) is 11.9 Å². The van der Waals surface area contributed by atoms with E-state index in [4.69, 9.17) is 11.6 Å². The molecule has 0 saturated carbocycles. The van der Waals surface area contributed by atoms with Crippen LogP contribution in [0.4, 0.5) is 11.5 Å². The largest absolute Gasteiger partial charge is 0.328 e. The van der Waals surface area contributed by atoms with Crippen LogP contribution in [0.15, 0.2) is 30.3 Å². The number of para-hydroxylation sites is 1. The average Bonchev–Trinajstić information content (AvgIpc) is 2.46. The SMILES string of the molecule is CCCc1nc(Cl)cc(N(C)c2ccccc2C#N)n1. The van der Waals surface area contributed by atoms with Gasteiger partial charge in [-0.1, -0.05) is 30.7 Å². The average molecular weight is 287 g/mol. The van der Waals surface area contributed by atoms with Crippen LogP contribution in [0.2, 0.25) is 5.15 Å². The van der Waals surface area contributed by atoms with Gasteiger partial charge in [-0.25, -0.2) is 9.97 Å². The summed E-state index contributed by atoms with van der Waals surface area (Å²) in [6.45, 7) is 2.07. The summed E-state index contributed by atoms with van der Waals surface area (Å²) in [4.78, 5) is 10.6. The molecule has 2 aromatic rings. The Morgan fingerprint density at radius 3 is 2.75 bits per heavy atom. The molecule has 0 aliphatic heterocycles. The number of hydrogen-bond acceptors (Lipinski definition) is 4. The highest BCUT2D eigenvalue weighted by atomic mass is 35.5. The third-order valence-corrected chi connectivity index (χ3v) is 3.12. The topological polar surface area (TPSA) is 52.8 Å². The van der Waals surface area contributed by atoms with Crippen molar-refractivity contribution in [1.29, 1.82) is 5.26 Å². The molecule has 0 amide bonds. The quantitative estimate of drug-likeness (QED) is 0.804. The number of halogens is 1. The molecule has 0 aliphatic rings. The molecule has 0 unspecified atom stereocenters. The van der Waals surface area contributed by atoms with Gasteiger partial charge in [-0.05, 0) is 18.6 Å². The molecule has 0 bridgehead atoms. The van der Waals surface area contributed by atoms with Gasteiger partial charge in [0.05, 0.1) is 11.3 Å². The summed E-state index contributed by atoms with van der Waals surface area (Å²) >= 11 is 6.05. The Balaban J connectivity index is 2.43. The van der Waals surface area contributed by atoms with Gasteiger partial charge in [0, 0.05) is 19.5 Å². The minimum absolute atomic E-state index is 0.416. The smallest absolute Gasteiger partial charge is 0.138 e. The van der Waals surface area contributed by atoms with Gasteiger partial charge in [0.25, 0.3) is 0 Å². The van der Waals surface area contributed by atoms with E-state index in [1.54, 1.807) is 12.1 Å². The monoisotopic (exact) mass is 286 g/mol. The summed E-state index contributed by atoms with van der Waals surface area (Å²) in [6, 6.07) is 11.3. The Hall–Kier alpha value is -2.12. The van der Waals surface area contributed by atoms with Crippen LogP contribution in [0.25, 0.3) is 0 Å². The first-order valence-electron chi connectivity index (χ1n) is 6.42. The minimum Gasteiger partial charge on any atom is -0.328 e. The maximum atomic E-state index is 9.17. The lowest BCUT2D eigenvalue weighted by Crippen LogP contribution is -2.14. The standard InChI is InChI=1S/C15H15ClN4/c1-3-6-14-18-13(16)9-15(19-14)20(2)12-8-5-4-7-11(12)10-17/h4-5,7-9H,3,6H2,1-2H3. The molecule has 0 radical (unpaired) electrons. The van der Waals surface area contributed by atoms with E-state index in [9.17, 15) is 5.26 Å². The second-order valence-corrected chi connectivity index (χ2v) is 4.79. The molecular weight excluding hydrogens is 272 g/mol. The van der Waals surface area contributed by atoms with Crippen LogP contribution in [0.1, 0.15) is 24.7 Å². The number of anilines is 2. The number of benzene rings is 1. The Bertz CT molecular complexity index is 649. The van der Waals surface area contributed by atoms with E-state index in [-0.39, 0.29) is 0 Å². The molecule has 102 valence electrons. The first-order chi connectivity index (χ1) is 9.65. The van der Waals surface area contributed by atoms with Crippen molar-refractivity contribution in [2.24, 2.45) is 0 Å². The third-order valence-electron chi connectivity index (χ3n) is 2.93. The number of aryl methyl sites for hydroxylation is 1. The lowest BCUT2D eigenvalue weighted by atomic mass is 10.2. The van der Waals surface area contributed by atoms with Crippen LogP contribution in [-0.4, -0.2) is 17.0 Å². The van der Waals surface area contributed by atoms with Gasteiger partial charge >= 0.3 is 0 Å². The number of rotatable bonds is 4. The van der Waals surface area contributed by atoms with Crippen molar-refractivity contribution < 1.29 is 0 Å². The summed E-state index contributed by atoms with van der Waals surface area (Å²) < 4.78 is 0. The molecule has 5 heteroatoms. The molecule has 4 nitrogen and oxygen atoms in total. The molecule has 0 fully saturated rings. The van der Waals surface area contributed by atoms with Crippen molar-refractivity contribution in [3.05, 3.63) is 46.9 Å². The van der Waals surface area contributed by atoms with Gasteiger partial charge in [0.15, 0.2) is 0 Å². The minimum atomic E-state index is 0.416. The molecule has 0 saturated heterocycles. The molecule has 0 N–H and O–H groups in total. The van der Waals surface area contributed by atoms with Crippen molar-refractivity contribution in [2.45, 2.75) is 19.8 Å². The fourth-order valence-electron chi connectivity index (χ4n) is 1.94. The molecule has 2 rings (SSSR count). The molecule has 20 heavy (non-hydrogen) atoms. The van der Waals surface area contributed by atoms with E-state index in [2.05, 4.69) is 23.0 Å². The van der Waals surface area contributed by atoms with Gasteiger partial charge in [0.1, 0.15) is 22.9 Å². The lowest BCUT2D eigenvalue weighted by Gasteiger charge is -2.20. The molecule has 0 spiro atoms. The van der Waals surface area contributed by atoms with Crippen LogP contribution in [0.3, 0.4) is 0 Å². The molecule has 1 aromatic heterocycles. The van der Waals surface area contributed by atoms with E-state index >= 15 is 0 Å². The first kappa shape index (κ1) is 14.3. The Kier molecular flexibility index (Phi) is 4.54. The van der Waals surface area contributed by atoms with Crippen LogP contribution < -0.4 is 4.90 Å². The molecular formula is C15H15ClN4. The van der Waals surface area contributed by atoms with E-state index in [1.165, 1.54) is 0 Å². The zero-order valence-electron chi connectivity index (χ0n) is 11.5. The van der Waals surface area contributed by atoms with Gasteiger partial charge < -0.3 is 4.90 Å². The molecule has 0 aliphatic carbocycles. The van der Waals surface area contributed by atoms with E-state index in [0.717, 1.165) is 24.4 Å². The van der Waals surface area contributed by atoms with Gasteiger partial charge in [-0.15, -0.1) is 0 Å². The maximum Gasteiger partial charge on any atom is 0.138 e. The second kappa shape index (κ2) is 6.36. The van der Waals surface area contributed by atoms with Crippen LogP contribution in [-0.2, 0) is 6.42 Å². The summed E-state index contributed by atoms with van der Waals surface area (Å²) in [6.07, 6.45) is 1.74. The predicted molar refractivity (Wildman–Crippen MR) is 80.3 cm³/mol. The number of nitrogens with zero attached hydrogens (tertiary/aromatic N) is 4. The molecule has 1 heterocycles. The van der Waals surface area contributed by atoms with E-state index in [0.29, 0.717) is 16.5 Å². The summed E-state index contributed by atoms with van der Waals surface area (Å²) in [5.74, 6) is 1.41. The van der Waals surface area contributed by atoms with Gasteiger partial charge in [-0.3, -0.25) is 0 Å². The zero-order valence-corrected chi connectivity index (χ0v) is 12.2. The second-order valence-electron chi connectivity index (χ2n) is 4.40. The molecule has 0 atom stereocenters. The van der Waals surface area contributed by atoms with E-state index < -0.39 is 0 Å². The fourth-order valence-corrected chi connectivity index (χ4v) is 2.14. The zero-order chi connectivity index (χ0) is 14.5. The highest BCUT2D eigenvalue weighted by molar-refractivity contribution is 6.29. The third kappa shape index (κ3) is 3.06. The van der Waals surface area contributed by atoms with Crippen LogP contribution >= 0.6 is 11.6 Å². The summed E-state index contributed by atoms with van der Waals surface area (Å²) in [5.41, 5.74) is 1.40. The van der Waals surface area contributed by atoms with Crippen molar-refractivity contribution in [1.82, 2.24) is 9.97 Å². The first-order valence-corrected chi connectivity index (χ1v) is 6.79. The predicted octanol–water partition coefficient (Wildman–Crippen LogP) is 3.72. The Morgan fingerprint density at radius 2 is 2.05 bits per heavy atom.